The second kappa shape index (κ2) is 8.46. The molecule has 1 amide bonds. The standard InChI is InChI=1S/C23H30ClF2N3O/c1-14(2)11-20-22-17(18-12-15(24)3-4-19(18)28-22)7-10-29(20)21(30)13-27-16-5-8-23(25,26)9-6-16/h3-4,12,14,16,20,27-28H,5-11,13H2,1-2H3/t20-/m0/s1. The normalized spacial score (nSPS) is 21.9. The van der Waals surface area contributed by atoms with Gasteiger partial charge in [0.15, 0.2) is 0 Å². The Hall–Kier alpha value is -1.66. The first-order valence-electron chi connectivity index (χ1n) is 10.9. The third-order valence-corrected chi connectivity index (χ3v) is 6.72. The molecule has 164 valence electrons. The number of benzene rings is 1. The van der Waals surface area contributed by atoms with Gasteiger partial charge < -0.3 is 15.2 Å². The third-order valence-electron chi connectivity index (χ3n) is 6.49. The van der Waals surface area contributed by atoms with Crippen molar-refractivity contribution in [2.24, 2.45) is 5.92 Å². The number of carbonyl (C=O) groups is 1. The molecule has 4 nitrogen and oxygen atoms in total. The number of hydrogen-bond donors (Lipinski definition) is 2. The minimum atomic E-state index is -2.55. The van der Waals surface area contributed by atoms with Crippen LogP contribution in [0.2, 0.25) is 5.02 Å². The van der Waals surface area contributed by atoms with Gasteiger partial charge in [-0.2, -0.15) is 0 Å². The molecule has 1 saturated carbocycles. The molecule has 7 heteroatoms. The van der Waals surface area contributed by atoms with Gasteiger partial charge in [0.1, 0.15) is 0 Å². The lowest BCUT2D eigenvalue weighted by Gasteiger charge is -2.37. The minimum absolute atomic E-state index is 0.00677. The molecule has 0 unspecified atom stereocenters. The van der Waals surface area contributed by atoms with Crippen LogP contribution < -0.4 is 5.32 Å². The number of hydrogen-bond acceptors (Lipinski definition) is 2. The fraction of sp³-hybridized carbons (Fsp3) is 0.609. The quantitative estimate of drug-likeness (QED) is 0.652. The average Bonchev–Trinajstić information content (AvgIpc) is 3.05. The maximum atomic E-state index is 13.4. The first kappa shape index (κ1) is 21.6. The van der Waals surface area contributed by atoms with Gasteiger partial charge in [-0.3, -0.25) is 4.79 Å². The van der Waals surface area contributed by atoms with Gasteiger partial charge in [-0.15, -0.1) is 0 Å². The Labute approximate surface area is 181 Å². The topological polar surface area (TPSA) is 48.1 Å². The number of rotatable bonds is 5. The summed E-state index contributed by atoms with van der Waals surface area (Å²) in [6.45, 7) is 5.19. The van der Waals surface area contributed by atoms with Crippen LogP contribution in [-0.4, -0.2) is 40.8 Å². The van der Waals surface area contributed by atoms with Gasteiger partial charge in [0.2, 0.25) is 11.8 Å². The number of halogens is 3. The van der Waals surface area contributed by atoms with Crippen molar-refractivity contribution in [3.63, 3.8) is 0 Å². The second-order valence-electron chi connectivity index (χ2n) is 9.20. The number of aromatic nitrogens is 1. The molecule has 30 heavy (non-hydrogen) atoms. The first-order valence-corrected chi connectivity index (χ1v) is 11.3. The van der Waals surface area contributed by atoms with E-state index in [2.05, 4.69) is 24.1 Å². The van der Waals surface area contributed by atoms with Crippen LogP contribution in [0.5, 0.6) is 0 Å². The Morgan fingerprint density at radius 2 is 2.07 bits per heavy atom. The largest absolute Gasteiger partial charge is 0.356 e. The fourth-order valence-electron chi connectivity index (χ4n) is 4.91. The molecule has 1 aromatic carbocycles. The Balaban J connectivity index is 1.50. The first-order chi connectivity index (χ1) is 14.2. The molecule has 0 saturated heterocycles. The van der Waals surface area contributed by atoms with Crippen molar-refractivity contribution >= 4 is 28.4 Å². The van der Waals surface area contributed by atoms with Crippen LogP contribution in [0.3, 0.4) is 0 Å². The zero-order valence-electron chi connectivity index (χ0n) is 17.6. The molecule has 2 aromatic rings. The molecule has 4 rings (SSSR count). The monoisotopic (exact) mass is 437 g/mol. The van der Waals surface area contributed by atoms with Crippen molar-refractivity contribution in [3.8, 4) is 0 Å². The number of fused-ring (bicyclic) bond motifs is 3. The fourth-order valence-corrected chi connectivity index (χ4v) is 5.08. The molecule has 1 atom stereocenters. The van der Waals surface area contributed by atoms with Crippen LogP contribution in [-0.2, 0) is 11.2 Å². The summed E-state index contributed by atoms with van der Waals surface area (Å²) >= 11 is 6.22. The van der Waals surface area contributed by atoms with Crippen molar-refractivity contribution in [3.05, 3.63) is 34.5 Å². The van der Waals surface area contributed by atoms with Crippen molar-refractivity contribution in [2.45, 2.75) is 70.4 Å². The summed E-state index contributed by atoms with van der Waals surface area (Å²) in [5.74, 6) is -2.08. The summed E-state index contributed by atoms with van der Waals surface area (Å²) < 4.78 is 26.8. The highest BCUT2D eigenvalue weighted by atomic mass is 35.5. The Morgan fingerprint density at radius 1 is 1.33 bits per heavy atom. The van der Waals surface area contributed by atoms with E-state index in [1.54, 1.807) is 0 Å². The van der Waals surface area contributed by atoms with Crippen molar-refractivity contribution in [1.82, 2.24) is 15.2 Å². The lowest BCUT2D eigenvalue weighted by atomic mass is 9.91. The predicted octanol–water partition coefficient (Wildman–Crippen LogP) is 5.46. The van der Waals surface area contributed by atoms with E-state index in [4.69, 9.17) is 11.6 Å². The van der Waals surface area contributed by atoms with E-state index in [1.165, 1.54) is 5.56 Å². The summed E-state index contributed by atoms with van der Waals surface area (Å²) in [7, 11) is 0. The van der Waals surface area contributed by atoms with Gasteiger partial charge >= 0.3 is 0 Å². The number of nitrogens with zero attached hydrogens (tertiary/aromatic N) is 1. The number of aromatic amines is 1. The van der Waals surface area contributed by atoms with E-state index < -0.39 is 5.92 Å². The van der Waals surface area contributed by atoms with Gasteiger partial charge in [-0.1, -0.05) is 25.4 Å². The van der Waals surface area contributed by atoms with Crippen molar-refractivity contribution in [1.29, 1.82) is 0 Å². The summed E-state index contributed by atoms with van der Waals surface area (Å²) in [6, 6.07) is 5.85. The Bertz CT molecular complexity index is 917. The Kier molecular flexibility index (Phi) is 6.08. The highest BCUT2D eigenvalue weighted by Gasteiger charge is 2.36. The van der Waals surface area contributed by atoms with E-state index in [-0.39, 0.29) is 37.4 Å². The molecule has 0 radical (unpaired) electrons. The summed E-state index contributed by atoms with van der Waals surface area (Å²) in [4.78, 5) is 18.6. The van der Waals surface area contributed by atoms with E-state index in [1.807, 2.05) is 23.1 Å². The van der Waals surface area contributed by atoms with Crippen LogP contribution in [0.4, 0.5) is 8.78 Å². The lowest BCUT2D eigenvalue weighted by molar-refractivity contribution is -0.133. The zero-order valence-corrected chi connectivity index (χ0v) is 18.4. The van der Waals surface area contributed by atoms with Gasteiger partial charge in [0.05, 0.1) is 12.6 Å². The maximum absolute atomic E-state index is 13.4. The van der Waals surface area contributed by atoms with Crippen molar-refractivity contribution in [2.75, 3.05) is 13.1 Å². The Morgan fingerprint density at radius 3 is 2.77 bits per heavy atom. The van der Waals surface area contributed by atoms with Gasteiger partial charge in [0.25, 0.3) is 0 Å². The van der Waals surface area contributed by atoms with E-state index in [9.17, 15) is 13.6 Å². The molecule has 2 aliphatic rings. The molecule has 1 fully saturated rings. The molecule has 0 spiro atoms. The molecule has 1 aliphatic heterocycles. The highest BCUT2D eigenvalue weighted by molar-refractivity contribution is 6.31. The predicted molar refractivity (Wildman–Crippen MR) is 116 cm³/mol. The number of amides is 1. The molecule has 1 aromatic heterocycles. The third kappa shape index (κ3) is 4.50. The van der Waals surface area contributed by atoms with E-state index in [0.717, 1.165) is 29.4 Å². The van der Waals surface area contributed by atoms with Crippen LogP contribution >= 0.6 is 11.6 Å². The molecule has 1 aliphatic carbocycles. The summed E-state index contributed by atoms with van der Waals surface area (Å²) in [5, 5.41) is 5.09. The number of nitrogens with one attached hydrogen (secondary N) is 2. The maximum Gasteiger partial charge on any atom is 0.248 e. The van der Waals surface area contributed by atoms with Crippen molar-refractivity contribution < 1.29 is 13.6 Å². The van der Waals surface area contributed by atoms with Crippen LogP contribution in [0, 0.1) is 5.92 Å². The van der Waals surface area contributed by atoms with Gasteiger partial charge in [0, 0.05) is 47.0 Å². The van der Waals surface area contributed by atoms with Crippen LogP contribution in [0.1, 0.15) is 63.3 Å². The molecular weight excluding hydrogens is 408 g/mol. The minimum Gasteiger partial charge on any atom is -0.356 e. The number of H-pyrrole nitrogens is 1. The summed E-state index contributed by atoms with van der Waals surface area (Å²) in [5.41, 5.74) is 3.41. The van der Waals surface area contributed by atoms with Crippen LogP contribution in [0.25, 0.3) is 10.9 Å². The van der Waals surface area contributed by atoms with Crippen LogP contribution in [0.15, 0.2) is 18.2 Å². The molecule has 2 heterocycles. The highest BCUT2D eigenvalue weighted by Crippen LogP contribution is 2.38. The zero-order chi connectivity index (χ0) is 21.5. The molecule has 0 bridgehead atoms. The second-order valence-corrected chi connectivity index (χ2v) is 9.64. The molecule has 2 N–H and O–H groups in total. The number of alkyl halides is 2. The van der Waals surface area contributed by atoms with Gasteiger partial charge in [-0.25, -0.2) is 8.78 Å². The van der Waals surface area contributed by atoms with Gasteiger partial charge in [-0.05, 0) is 55.4 Å². The summed E-state index contributed by atoms with van der Waals surface area (Å²) in [6.07, 6.45) is 2.30. The smallest absolute Gasteiger partial charge is 0.248 e. The SMILES string of the molecule is CC(C)C[C@H]1c2[nH]c3ccc(Cl)cc3c2CCN1C(=O)CNC1CCC(F)(F)CC1. The number of carbonyl (C=O) groups excluding carboxylic acids is 1. The molecular formula is C23H30ClF2N3O. The average molecular weight is 438 g/mol. The van der Waals surface area contributed by atoms with E-state index >= 15 is 0 Å². The van der Waals surface area contributed by atoms with E-state index in [0.29, 0.717) is 30.3 Å². The lowest BCUT2D eigenvalue weighted by Crippen LogP contribution is -2.47.